The first kappa shape index (κ1) is 17.8. The van der Waals surface area contributed by atoms with Gasteiger partial charge in [0.25, 0.3) is 15.7 Å². The normalized spacial score (nSPS) is 12.6. The lowest BCUT2D eigenvalue weighted by molar-refractivity contribution is -0.384. The van der Waals surface area contributed by atoms with Gasteiger partial charge in [-0.2, -0.15) is 0 Å². The molecule has 9 heteroatoms. The van der Waals surface area contributed by atoms with E-state index in [2.05, 4.69) is 4.72 Å². The van der Waals surface area contributed by atoms with E-state index in [-0.39, 0.29) is 17.4 Å². The third-order valence-corrected chi connectivity index (χ3v) is 5.60. The molecule has 3 aromatic rings. The summed E-state index contributed by atoms with van der Waals surface area (Å²) in [7, 11) is -3.78. The zero-order chi connectivity index (χ0) is 19.7. The fourth-order valence-corrected chi connectivity index (χ4v) is 3.83. The van der Waals surface area contributed by atoms with E-state index >= 15 is 0 Å². The quantitative estimate of drug-likeness (QED) is 0.517. The smallest absolute Gasteiger partial charge is 0.269 e. The number of anilines is 1. The summed E-state index contributed by atoms with van der Waals surface area (Å²) in [5.41, 5.74) is 1.86. The number of ether oxygens (including phenoxy) is 2. The summed E-state index contributed by atoms with van der Waals surface area (Å²) in [6.45, 7) is 0.107. The van der Waals surface area contributed by atoms with Gasteiger partial charge in [-0.15, -0.1) is 0 Å². The predicted octanol–water partition coefficient (Wildman–Crippen LogP) is 3.79. The van der Waals surface area contributed by atoms with Crippen molar-refractivity contribution in [3.8, 4) is 22.6 Å². The SMILES string of the molecule is O=[N+]([O-])c1ccc(-c2ccc(S(=O)(=O)Nc3ccc4c(c3)OCO4)cc2)cc1. The summed E-state index contributed by atoms with van der Waals surface area (Å²) in [5, 5.41) is 10.7. The Morgan fingerprint density at radius 1 is 0.857 bits per heavy atom. The summed E-state index contributed by atoms with van der Waals surface area (Å²) < 4.78 is 38.2. The van der Waals surface area contributed by atoms with Crippen LogP contribution >= 0.6 is 0 Å². The van der Waals surface area contributed by atoms with Crippen LogP contribution in [0.15, 0.2) is 71.6 Å². The van der Waals surface area contributed by atoms with Crippen molar-refractivity contribution in [1.82, 2.24) is 0 Å². The third kappa shape index (κ3) is 3.47. The van der Waals surface area contributed by atoms with Crippen LogP contribution in [0.2, 0.25) is 0 Å². The van der Waals surface area contributed by atoms with E-state index in [1.54, 1.807) is 42.5 Å². The number of rotatable bonds is 5. The van der Waals surface area contributed by atoms with Crippen molar-refractivity contribution >= 4 is 21.4 Å². The molecular weight excluding hydrogens is 384 g/mol. The van der Waals surface area contributed by atoms with Gasteiger partial charge in [0, 0.05) is 18.2 Å². The van der Waals surface area contributed by atoms with E-state index in [1.165, 1.54) is 24.3 Å². The molecule has 142 valence electrons. The number of non-ortho nitro benzene ring substituents is 1. The Morgan fingerprint density at radius 2 is 1.46 bits per heavy atom. The number of hydrogen-bond acceptors (Lipinski definition) is 6. The topological polar surface area (TPSA) is 108 Å². The van der Waals surface area contributed by atoms with E-state index < -0.39 is 14.9 Å². The van der Waals surface area contributed by atoms with Crippen molar-refractivity contribution in [1.29, 1.82) is 0 Å². The summed E-state index contributed by atoms with van der Waals surface area (Å²) >= 11 is 0. The maximum Gasteiger partial charge on any atom is 0.269 e. The number of sulfonamides is 1. The molecule has 3 aromatic carbocycles. The highest BCUT2D eigenvalue weighted by atomic mass is 32.2. The molecule has 0 atom stereocenters. The standard InChI is InChI=1S/C19H14N2O6S/c22-21(23)16-6-1-13(2-7-16)14-3-8-17(9-4-14)28(24,25)20-15-5-10-18-19(11-15)27-12-26-18/h1-11,20H,12H2. The molecule has 0 saturated carbocycles. The van der Waals surface area contributed by atoms with Crippen LogP contribution < -0.4 is 14.2 Å². The maximum atomic E-state index is 12.6. The molecule has 1 aliphatic rings. The molecule has 0 unspecified atom stereocenters. The number of nitro benzene ring substituents is 1. The molecule has 1 N–H and O–H groups in total. The molecule has 0 aromatic heterocycles. The average molecular weight is 398 g/mol. The Hall–Kier alpha value is -3.59. The fourth-order valence-electron chi connectivity index (χ4n) is 2.78. The van der Waals surface area contributed by atoms with Crippen molar-refractivity contribution in [3.63, 3.8) is 0 Å². The van der Waals surface area contributed by atoms with E-state index in [1.807, 2.05) is 0 Å². The highest BCUT2D eigenvalue weighted by Gasteiger charge is 2.18. The van der Waals surface area contributed by atoms with Gasteiger partial charge in [-0.1, -0.05) is 12.1 Å². The van der Waals surface area contributed by atoms with Crippen molar-refractivity contribution in [3.05, 3.63) is 76.8 Å². The van der Waals surface area contributed by atoms with Gasteiger partial charge in [-0.25, -0.2) is 8.42 Å². The second kappa shape index (κ2) is 6.86. The van der Waals surface area contributed by atoms with Crippen LogP contribution in [-0.4, -0.2) is 20.1 Å². The first-order chi connectivity index (χ1) is 13.4. The lowest BCUT2D eigenvalue weighted by Gasteiger charge is -2.09. The van der Waals surface area contributed by atoms with Crippen LogP contribution in [0, 0.1) is 10.1 Å². The number of nitrogens with one attached hydrogen (secondary N) is 1. The largest absolute Gasteiger partial charge is 0.454 e. The Labute approximate surface area is 160 Å². The summed E-state index contributed by atoms with van der Waals surface area (Å²) in [6, 6.07) is 17.1. The lowest BCUT2D eigenvalue weighted by atomic mass is 10.1. The Kier molecular flexibility index (Phi) is 4.36. The first-order valence-electron chi connectivity index (χ1n) is 8.20. The fraction of sp³-hybridized carbons (Fsp3) is 0.0526. The molecule has 8 nitrogen and oxygen atoms in total. The predicted molar refractivity (Wildman–Crippen MR) is 102 cm³/mol. The number of nitro groups is 1. The molecular formula is C19H14N2O6S. The molecule has 0 fully saturated rings. The number of hydrogen-bond donors (Lipinski definition) is 1. The van der Waals surface area contributed by atoms with Gasteiger partial charge >= 0.3 is 0 Å². The zero-order valence-corrected chi connectivity index (χ0v) is 15.2. The monoisotopic (exact) mass is 398 g/mol. The second-order valence-corrected chi connectivity index (χ2v) is 7.68. The Bertz CT molecular complexity index is 1140. The Balaban J connectivity index is 1.54. The lowest BCUT2D eigenvalue weighted by Crippen LogP contribution is -2.12. The third-order valence-electron chi connectivity index (χ3n) is 4.20. The van der Waals surface area contributed by atoms with Crippen LogP contribution in [0.1, 0.15) is 0 Å². The van der Waals surface area contributed by atoms with Crippen molar-refractivity contribution in [2.45, 2.75) is 4.90 Å². The molecule has 0 spiro atoms. The molecule has 0 radical (unpaired) electrons. The van der Waals surface area contributed by atoms with Crippen LogP contribution in [0.4, 0.5) is 11.4 Å². The molecule has 1 heterocycles. The van der Waals surface area contributed by atoms with Crippen LogP contribution in [0.25, 0.3) is 11.1 Å². The van der Waals surface area contributed by atoms with Crippen LogP contribution in [0.3, 0.4) is 0 Å². The number of nitrogens with zero attached hydrogens (tertiary/aromatic N) is 1. The minimum absolute atomic E-state index is 0.00382. The molecule has 1 aliphatic heterocycles. The number of fused-ring (bicyclic) bond motifs is 1. The summed E-state index contributed by atoms with van der Waals surface area (Å²) in [5.74, 6) is 1.05. The molecule has 0 amide bonds. The van der Waals surface area contributed by atoms with Gasteiger partial charge in [-0.3, -0.25) is 14.8 Å². The van der Waals surface area contributed by atoms with Crippen molar-refractivity contribution in [2.75, 3.05) is 11.5 Å². The minimum Gasteiger partial charge on any atom is -0.454 e. The van der Waals surface area contributed by atoms with Crippen molar-refractivity contribution < 1.29 is 22.8 Å². The van der Waals surface area contributed by atoms with Crippen LogP contribution in [-0.2, 0) is 10.0 Å². The highest BCUT2D eigenvalue weighted by molar-refractivity contribution is 7.92. The number of benzene rings is 3. The average Bonchev–Trinajstić information content (AvgIpc) is 3.16. The van der Waals surface area contributed by atoms with Gasteiger partial charge in [-0.05, 0) is 47.5 Å². The molecule has 28 heavy (non-hydrogen) atoms. The molecule has 0 saturated heterocycles. The van der Waals surface area contributed by atoms with Gasteiger partial charge in [0.1, 0.15) is 0 Å². The molecule has 4 rings (SSSR count). The van der Waals surface area contributed by atoms with E-state index in [0.29, 0.717) is 17.2 Å². The molecule has 0 bridgehead atoms. The van der Waals surface area contributed by atoms with E-state index in [4.69, 9.17) is 9.47 Å². The van der Waals surface area contributed by atoms with E-state index in [9.17, 15) is 18.5 Å². The maximum absolute atomic E-state index is 12.6. The van der Waals surface area contributed by atoms with E-state index in [0.717, 1.165) is 11.1 Å². The van der Waals surface area contributed by atoms with Crippen molar-refractivity contribution in [2.24, 2.45) is 0 Å². The Morgan fingerprint density at radius 3 is 2.11 bits per heavy atom. The second-order valence-electron chi connectivity index (χ2n) is 6.00. The first-order valence-corrected chi connectivity index (χ1v) is 9.68. The summed E-state index contributed by atoms with van der Waals surface area (Å²) in [6.07, 6.45) is 0. The summed E-state index contributed by atoms with van der Waals surface area (Å²) in [4.78, 5) is 10.4. The van der Waals surface area contributed by atoms with Crippen LogP contribution in [0.5, 0.6) is 11.5 Å². The minimum atomic E-state index is -3.78. The highest BCUT2D eigenvalue weighted by Crippen LogP contribution is 2.35. The van der Waals surface area contributed by atoms with Gasteiger partial charge in [0.2, 0.25) is 6.79 Å². The zero-order valence-electron chi connectivity index (χ0n) is 14.4. The van der Waals surface area contributed by atoms with Gasteiger partial charge < -0.3 is 9.47 Å². The van der Waals surface area contributed by atoms with Gasteiger partial charge in [0.15, 0.2) is 11.5 Å². The van der Waals surface area contributed by atoms with Gasteiger partial charge in [0.05, 0.1) is 15.5 Å². The molecule has 0 aliphatic carbocycles.